The molecular weight excluding hydrogens is 425 g/mol. The highest BCUT2D eigenvalue weighted by Crippen LogP contribution is 2.31. The SMILES string of the molecule is C[Si](C)(C)OCC1OC(=O)[C@@H](O[Si](C)(C)C)[C@@H](O[Si](C)(C)C)[C@@H]1O[Si](C)(C)C. The van der Waals surface area contributed by atoms with Crippen molar-refractivity contribution in [1.82, 2.24) is 0 Å². The number of carbonyl (C=O) groups is 1. The summed E-state index contributed by atoms with van der Waals surface area (Å²) in [6.45, 7) is 25.7. The number of carbonyl (C=O) groups excluding carboxylic acids is 1. The van der Waals surface area contributed by atoms with Crippen LogP contribution in [0.4, 0.5) is 0 Å². The zero-order valence-corrected chi connectivity index (χ0v) is 24.0. The molecule has 0 aliphatic carbocycles. The molecule has 0 N–H and O–H groups in total. The molecule has 0 aromatic heterocycles. The van der Waals surface area contributed by atoms with Crippen LogP contribution < -0.4 is 0 Å². The molecular formula is C18H42O6Si4. The van der Waals surface area contributed by atoms with Crippen LogP contribution in [0.3, 0.4) is 0 Å². The van der Waals surface area contributed by atoms with E-state index in [4.69, 9.17) is 22.4 Å². The average Bonchev–Trinajstić information content (AvgIpc) is 2.39. The fraction of sp³-hybridized carbons (Fsp3) is 0.944. The average molecular weight is 467 g/mol. The second-order valence-corrected chi connectivity index (χ2v) is 29.3. The van der Waals surface area contributed by atoms with Gasteiger partial charge < -0.3 is 22.4 Å². The van der Waals surface area contributed by atoms with Crippen molar-refractivity contribution in [3.05, 3.63) is 0 Å². The molecule has 1 fully saturated rings. The lowest BCUT2D eigenvalue weighted by molar-refractivity contribution is -0.198. The summed E-state index contributed by atoms with van der Waals surface area (Å²) < 4.78 is 31.2. The van der Waals surface area contributed by atoms with Crippen LogP contribution >= 0.6 is 0 Å². The molecule has 10 heteroatoms. The Morgan fingerprint density at radius 2 is 1.11 bits per heavy atom. The van der Waals surface area contributed by atoms with Crippen LogP contribution in [0.2, 0.25) is 78.6 Å². The van der Waals surface area contributed by atoms with Gasteiger partial charge >= 0.3 is 5.97 Å². The van der Waals surface area contributed by atoms with Crippen molar-refractivity contribution in [1.29, 1.82) is 0 Å². The first kappa shape index (κ1) is 26.2. The van der Waals surface area contributed by atoms with Gasteiger partial charge in [-0.15, -0.1) is 0 Å². The van der Waals surface area contributed by atoms with Crippen molar-refractivity contribution in [2.24, 2.45) is 0 Å². The highest BCUT2D eigenvalue weighted by atomic mass is 28.4. The number of ether oxygens (including phenoxy) is 1. The van der Waals surface area contributed by atoms with E-state index in [-0.39, 0.29) is 12.1 Å². The van der Waals surface area contributed by atoms with Crippen molar-refractivity contribution in [3.63, 3.8) is 0 Å². The molecule has 0 aromatic carbocycles. The maximum absolute atomic E-state index is 12.9. The standard InChI is InChI=1S/C18H42O6Si4/c1-25(2,3)20-13-14-15(22-26(4,5)6)16(23-27(7,8)9)17(18(19)21-14)24-28(10,11)12/h14-17H,13H2,1-12H3/t14?,15-,16+,17+/m1/s1. The van der Waals surface area contributed by atoms with Gasteiger partial charge in [0.25, 0.3) is 0 Å². The molecule has 0 radical (unpaired) electrons. The van der Waals surface area contributed by atoms with E-state index in [2.05, 4.69) is 78.6 Å². The summed E-state index contributed by atoms with van der Waals surface area (Å²) in [5.74, 6) is -0.356. The van der Waals surface area contributed by atoms with E-state index in [9.17, 15) is 4.79 Å². The van der Waals surface area contributed by atoms with Gasteiger partial charge in [0.1, 0.15) is 12.2 Å². The molecule has 0 amide bonds. The van der Waals surface area contributed by atoms with Gasteiger partial charge in [-0.25, -0.2) is 4.79 Å². The van der Waals surface area contributed by atoms with E-state index in [0.717, 1.165) is 0 Å². The zero-order chi connectivity index (χ0) is 22.1. The Hall–Kier alpha value is 0.178. The molecule has 6 nitrogen and oxygen atoms in total. The monoisotopic (exact) mass is 466 g/mol. The summed E-state index contributed by atoms with van der Waals surface area (Å²) in [6.07, 6.45) is -2.08. The van der Waals surface area contributed by atoms with Crippen molar-refractivity contribution in [2.75, 3.05) is 6.61 Å². The normalized spacial score (nSPS) is 27.6. The van der Waals surface area contributed by atoms with Gasteiger partial charge in [-0.3, -0.25) is 0 Å². The van der Waals surface area contributed by atoms with E-state index in [1.54, 1.807) is 0 Å². The lowest BCUT2D eigenvalue weighted by Gasteiger charge is -2.47. The molecule has 1 aliphatic heterocycles. The maximum atomic E-state index is 12.9. The zero-order valence-electron chi connectivity index (χ0n) is 20.0. The topological polar surface area (TPSA) is 63.2 Å². The fourth-order valence-electron chi connectivity index (χ4n) is 2.85. The molecule has 0 aromatic rings. The Kier molecular flexibility index (Phi) is 8.54. The van der Waals surface area contributed by atoms with Crippen molar-refractivity contribution < 1.29 is 27.2 Å². The number of hydrogen-bond donors (Lipinski definition) is 0. The summed E-state index contributed by atoms with van der Waals surface area (Å²) in [6, 6.07) is 0. The second kappa shape index (κ2) is 9.12. The lowest BCUT2D eigenvalue weighted by atomic mass is 10.0. The fourth-order valence-corrected chi connectivity index (χ4v) is 6.68. The predicted octanol–water partition coefficient (Wildman–Crippen LogP) is 4.42. The predicted molar refractivity (Wildman–Crippen MR) is 124 cm³/mol. The largest absolute Gasteiger partial charge is 0.455 e. The van der Waals surface area contributed by atoms with E-state index >= 15 is 0 Å². The van der Waals surface area contributed by atoms with E-state index in [1.165, 1.54) is 0 Å². The third-order valence-electron chi connectivity index (χ3n) is 3.63. The van der Waals surface area contributed by atoms with Gasteiger partial charge in [0.15, 0.2) is 45.5 Å². The van der Waals surface area contributed by atoms with Crippen LogP contribution in [0, 0.1) is 0 Å². The van der Waals surface area contributed by atoms with E-state index in [1.807, 2.05) is 0 Å². The van der Waals surface area contributed by atoms with Crippen LogP contribution in [-0.4, -0.2) is 70.3 Å². The Labute approximate surface area is 176 Å². The van der Waals surface area contributed by atoms with Crippen LogP contribution in [0.15, 0.2) is 0 Å². The van der Waals surface area contributed by atoms with Gasteiger partial charge in [-0.05, 0) is 78.6 Å². The molecule has 0 saturated carbocycles. The Morgan fingerprint density at radius 1 is 0.679 bits per heavy atom. The minimum atomic E-state index is -2.00. The summed E-state index contributed by atoms with van der Waals surface area (Å²) in [5.41, 5.74) is 0. The molecule has 1 saturated heterocycles. The number of rotatable bonds is 9. The lowest BCUT2D eigenvalue weighted by Crippen LogP contribution is -2.64. The van der Waals surface area contributed by atoms with E-state index in [0.29, 0.717) is 6.61 Å². The Bertz CT molecular complexity index is 530. The quantitative estimate of drug-likeness (QED) is 0.370. The van der Waals surface area contributed by atoms with Crippen LogP contribution in [0.1, 0.15) is 0 Å². The summed E-state index contributed by atoms with van der Waals surface area (Å²) in [5, 5.41) is 0. The molecule has 1 rings (SSSR count). The maximum Gasteiger partial charge on any atom is 0.337 e. The second-order valence-electron chi connectivity index (χ2n) is 11.4. The molecule has 1 unspecified atom stereocenters. The molecule has 4 atom stereocenters. The molecule has 28 heavy (non-hydrogen) atoms. The third-order valence-corrected chi connectivity index (χ3v) is 7.58. The van der Waals surface area contributed by atoms with Gasteiger partial charge in [-0.2, -0.15) is 0 Å². The molecule has 166 valence electrons. The number of cyclic esters (lactones) is 1. The third kappa shape index (κ3) is 9.79. The Morgan fingerprint density at radius 3 is 1.50 bits per heavy atom. The van der Waals surface area contributed by atoms with Gasteiger partial charge in [0.2, 0.25) is 0 Å². The van der Waals surface area contributed by atoms with Crippen LogP contribution in [0.5, 0.6) is 0 Å². The summed E-state index contributed by atoms with van der Waals surface area (Å²) in [7, 11) is -7.66. The Balaban J connectivity index is 3.28. The van der Waals surface area contributed by atoms with Gasteiger partial charge in [0.05, 0.1) is 6.61 Å². The van der Waals surface area contributed by atoms with Gasteiger partial charge in [0, 0.05) is 0 Å². The highest BCUT2D eigenvalue weighted by molar-refractivity contribution is 6.71. The summed E-state index contributed by atoms with van der Waals surface area (Å²) >= 11 is 0. The van der Waals surface area contributed by atoms with Crippen molar-refractivity contribution in [2.45, 2.75) is 103 Å². The smallest absolute Gasteiger partial charge is 0.337 e. The van der Waals surface area contributed by atoms with E-state index < -0.39 is 51.6 Å². The van der Waals surface area contributed by atoms with Crippen molar-refractivity contribution >= 4 is 39.2 Å². The number of hydrogen-bond acceptors (Lipinski definition) is 6. The summed E-state index contributed by atoms with van der Waals surface area (Å²) in [4.78, 5) is 12.9. The minimum absolute atomic E-state index is 0.335. The molecule has 1 heterocycles. The highest BCUT2D eigenvalue weighted by Gasteiger charge is 2.52. The van der Waals surface area contributed by atoms with Crippen LogP contribution in [-0.2, 0) is 27.2 Å². The molecule has 0 spiro atoms. The molecule has 1 aliphatic rings. The number of esters is 1. The minimum Gasteiger partial charge on any atom is -0.455 e. The first-order valence-electron chi connectivity index (χ1n) is 10.2. The first-order chi connectivity index (χ1) is 12.3. The van der Waals surface area contributed by atoms with Crippen LogP contribution in [0.25, 0.3) is 0 Å². The van der Waals surface area contributed by atoms with Crippen molar-refractivity contribution in [3.8, 4) is 0 Å². The van der Waals surface area contributed by atoms with Gasteiger partial charge in [-0.1, -0.05) is 0 Å². The molecule has 0 bridgehead atoms. The first-order valence-corrected chi connectivity index (χ1v) is 23.8.